The van der Waals surface area contributed by atoms with Gasteiger partial charge < -0.3 is 16.4 Å². The van der Waals surface area contributed by atoms with E-state index in [4.69, 9.17) is 10.6 Å². The van der Waals surface area contributed by atoms with Crippen LogP contribution < -0.4 is 16.4 Å². The number of anilines is 1. The van der Waals surface area contributed by atoms with Crippen molar-refractivity contribution in [2.75, 3.05) is 26.0 Å². The van der Waals surface area contributed by atoms with E-state index in [1.807, 2.05) is 6.07 Å². The van der Waals surface area contributed by atoms with Crippen LogP contribution in [0.3, 0.4) is 0 Å². The summed E-state index contributed by atoms with van der Waals surface area (Å²) in [4.78, 5) is 44.7. The zero-order valence-corrected chi connectivity index (χ0v) is 26.9. The van der Waals surface area contributed by atoms with Crippen molar-refractivity contribution >= 4 is 35.8 Å². The van der Waals surface area contributed by atoms with E-state index < -0.39 is 23.7 Å². The summed E-state index contributed by atoms with van der Waals surface area (Å²) in [6, 6.07) is 17.2. The molecule has 5 rings (SSSR count). The number of tetrazole rings is 1. The largest absolute Gasteiger partial charge is 0.344 e. The molecule has 1 aliphatic carbocycles. The molecule has 1 aromatic heterocycles. The predicted octanol–water partition coefficient (Wildman–Crippen LogP) is 4.16. The molecule has 14 heteroatoms. The minimum Gasteiger partial charge on any atom is -0.344 e. The number of halogens is 2. The number of nitrogens with two attached hydrogens (primary N) is 1. The van der Waals surface area contributed by atoms with Gasteiger partial charge in [-0.1, -0.05) is 24.3 Å². The Morgan fingerprint density at radius 2 is 1.79 bits per heavy atom. The van der Waals surface area contributed by atoms with Gasteiger partial charge in [-0.2, -0.15) is 0 Å². The first-order chi connectivity index (χ1) is 22.2. The first kappa shape index (κ1) is 35.1. The Balaban J connectivity index is 0.00000500. The number of hydrogen-bond donors (Lipinski definition) is 4. The van der Waals surface area contributed by atoms with Crippen LogP contribution in [0, 0.1) is 17.7 Å². The number of nitrogens with one attached hydrogen (secondary N) is 3. The van der Waals surface area contributed by atoms with Crippen molar-refractivity contribution in [3.8, 4) is 22.5 Å². The highest BCUT2D eigenvalue weighted by Gasteiger charge is 2.29. The second-order valence-electron chi connectivity index (χ2n) is 11.4. The van der Waals surface area contributed by atoms with Crippen molar-refractivity contribution < 1.29 is 23.6 Å². The molecule has 3 aromatic carbocycles. The molecule has 1 saturated carbocycles. The van der Waals surface area contributed by atoms with Crippen LogP contribution in [0.5, 0.6) is 0 Å². The molecule has 0 radical (unpaired) electrons. The van der Waals surface area contributed by atoms with E-state index in [0.717, 1.165) is 23.5 Å². The van der Waals surface area contributed by atoms with Crippen LogP contribution in [0.4, 0.5) is 10.1 Å². The summed E-state index contributed by atoms with van der Waals surface area (Å²) in [7, 11) is 2.84. The summed E-state index contributed by atoms with van der Waals surface area (Å²) in [6.45, 7) is 0.599. The van der Waals surface area contributed by atoms with Gasteiger partial charge in [-0.15, -0.1) is 17.5 Å². The van der Waals surface area contributed by atoms with Crippen molar-refractivity contribution in [3.05, 3.63) is 83.7 Å². The minimum absolute atomic E-state index is 0. The molecule has 0 spiro atoms. The summed E-state index contributed by atoms with van der Waals surface area (Å²) in [5.41, 5.74) is 8.80. The van der Waals surface area contributed by atoms with Crippen molar-refractivity contribution in [1.29, 1.82) is 0 Å². The van der Waals surface area contributed by atoms with Crippen LogP contribution in [0.2, 0.25) is 0 Å². The number of benzene rings is 3. The summed E-state index contributed by atoms with van der Waals surface area (Å²) in [6.07, 6.45) is 3.31. The van der Waals surface area contributed by atoms with Crippen LogP contribution in [-0.2, 0) is 20.8 Å². The van der Waals surface area contributed by atoms with Gasteiger partial charge in [0.25, 0.3) is 5.91 Å². The van der Waals surface area contributed by atoms with Gasteiger partial charge in [0.05, 0.1) is 7.11 Å². The second-order valence-corrected chi connectivity index (χ2v) is 11.4. The number of hydroxylamine groups is 2. The average Bonchev–Trinajstić information content (AvgIpc) is 3.63. The van der Waals surface area contributed by atoms with Gasteiger partial charge in [-0.25, -0.2) is 14.6 Å². The van der Waals surface area contributed by atoms with Crippen molar-refractivity contribution in [2.45, 2.75) is 38.1 Å². The fourth-order valence-electron chi connectivity index (χ4n) is 5.63. The van der Waals surface area contributed by atoms with E-state index >= 15 is 4.39 Å². The number of carbonyl (C=O) groups is 3. The van der Waals surface area contributed by atoms with Gasteiger partial charge in [0, 0.05) is 41.8 Å². The van der Waals surface area contributed by atoms with Crippen molar-refractivity contribution in [1.82, 2.24) is 31.0 Å². The maximum Gasteiger partial charge on any atom is 0.277 e. The lowest BCUT2D eigenvalue weighted by Crippen LogP contribution is -2.48. The summed E-state index contributed by atoms with van der Waals surface area (Å²) in [5.74, 6) is -0.822. The molecule has 1 heterocycles. The first-order valence-electron chi connectivity index (χ1n) is 15.1. The molecule has 3 amide bonds. The fraction of sp³-hybridized carbons (Fsp3) is 0.333. The topological polar surface area (TPSA) is 168 Å². The van der Waals surface area contributed by atoms with Crippen molar-refractivity contribution in [3.63, 3.8) is 0 Å². The number of hydrogen-bond acceptors (Lipinski definition) is 8. The number of carbonyl (C=O) groups excluding carboxylic acids is 3. The Labute approximate surface area is 278 Å². The zero-order valence-electron chi connectivity index (χ0n) is 26.1. The van der Waals surface area contributed by atoms with Crippen molar-refractivity contribution in [2.24, 2.45) is 17.6 Å². The Hall–Kier alpha value is -4.72. The highest BCUT2D eigenvalue weighted by atomic mass is 35.5. The molecular weight excluding hydrogens is 627 g/mol. The van der Waals surface area contributed by atoms with Crippen LogP contribution in [0.25, 0.3) is 22.5 Å². The van der Waals surface area contributed by atoms with Crippen LogP contribution in [0.15, 0.2) is 66.7 Å². The standard InChI is InChI=1S/C33H37FN8O4.ClH/c1-42(46-2)33(45)25-12-15-28(34)27(18-25)24-5-3-4-21(16-24)17-29(37-31(43)23-8-6-20(19-35)7-9-23)32(44)36-26-13-10-22(11-14-26)30-38-40-41-39-30;/h3-5,10-16,18,20,23,29H,6-9,17,19,35H2,1-2H3,(H,36,44)(H,37,43)(H,38,39,40,41);1H/t20-,23-,29-;/m0./s1. The minimum atomic E-state index is -0.916. The van der Waals surface area contributed by atoms with E-state index in [1.165, 1.54) is 32.4 Å². The van der Waals surface area contributed by atoms with Gasteiger partial charge in [-0.05, 0) is 102 Å². The van der Waals surface area contributed by atoms with Crippen LogP contribution >= 0.6 is 12.4 Å². The molecule has 248 valence electrons. The third kappa shape index (κ3) is 8.76. The molecule has 0 saturated heterocycles. The summed E-state index contributed by atoms with van der Waals surface area (Å²) < 4.78 is 15.0. The van der Waals surface area contributed by atoms with Gasteiger partial charge in [0.15, 0.2) is 5.82 Å². The Morgan fingerprint density at radius 1 is 1.04 bits per heavy atom. The van der Waals surface area contributed by atoms with E-state index in [9.17, 15) is 14.4 Å². The number of nitrogens with zero attached hydrogens (tertiary/aromatic N) is 4. The number of rotatable bonds is 11. The molecular formula is C33H38ClFN8O4. The van der Waals surface area contributed by atoms with E-state index in [-0.39, 0.29) is 41.8 Å². The molecule has 5 N–H and O–H groups in total. The molecule has 0 bridgehead atoms. The maximum absolute atomic E-state index is 15.0. The molecule has 1 atom stereocenters. The normalized spacial score (nSPS) is 16.4. The molecule has 12 nitrogen and oxygen atoms in total. The lowest BCUT2D eigenvalue weighted by Gasteiger charge is -2.28. The van der Waals surface area contributed by atoms with Gasteiger partial charge >= 0.3 is 0 Å². The molecule has 1 aliphatic rings. The predicted molar refractivity (Wildman–Crippen MR) is 177 cm³/mol. The Bertz CT molecular complexity index is 1660. The highest BCUT2D eigenvalue weighted by Crippen LogP contribution is 2.29. The lowest BCUT2D eigenvalue weighted by molar-refractivity contribution is -0.130. The quantitative estimate of drug-likeness (QED) is 0.173. The highest BCUT2D eigenvalue weighted by molar-refractivity contribution is 5.98. The molecule has 0 unspecified atom stereocenters. The van der Waals surface area contributed by atoms with E-state index in [1.54, 1.807) is 42.5 Å². The van der Waals surface area contributed by atoms with Gasteiger partial charge in [-0.3, -0.25) is 19.2 Å². The number of aromatic amines is 1. The summed E-state index contributed by atoms with van der Waals surface area (Å²) >= 11 is 0. The number of H-pyrrole nitrogens is 1. The summed E-state index contributed by atoms with van der Waals surface area (Å²) in [5, 5.41) is 20.7. The second kappa shape index (κ2) is 16.2. The van der Waals surface area contributed by atoms with E-state index in [0.29, 0.717) is 47.9 Å². The smallest absolute Gasteiger partial charge is 0.277 e. The van der Waals surface area contributed by atoms with Crippen LogP contribution in [-0.4, -0.2) is 70.2 Å². The Morgan fingerprint density at radius 3 is 2.45 bits per heavy atom. The third-order valence-electron chi connectivity index (χ3n) is 8.41. The molecule has 1 fully saturated rings. The van der Waals surface area contributed by atoms with Gasteiger partial charge in [0.1, 0.15) is 11.9 Å². The third-order valence-corrected chi connectivity index (χ3v) is 8.41. The maximum atomic E-state index is 15.0. The molecule has 0 aliphatic heterocycles. The molecule has 4 aromatic rings. The lowest BCUT2D eigenvalue weighted by atomic mass is 9.81. The van der Waals surface area contributed by atoms with Crippen LogP contribution in [0.1, 0.15) is 41.6 Å². The molecule has 47 heavy (non-hydrogen) atoms. The SMILES string of the molecule is CON(C)C(=O)c1ccc(F)c(-c2cccc(C[C@H](NC(=O)[C@H]3CC[C@H](CN)CC3)C(=O)Nc3ccc(-c4nnn[nH]4)cc3)c2)c1.Cl. The Kier molecular flexibility index (Phi) is 12.1. The van der Waals surface area contributed by atoms with Gasteiger partial charge in [0.2, 0.25) is 11.8 Å². The number of amides is 3. The fourth-order valence-corrected chi connectivity index (χ4v) is 5.63. The zero-order chi connectivity index (χ0) is 32.6. The average molecular weight is 665 g/mol. The first-order valence-corrected chi connectivity index (χ1v) is 15.1. The monoisotopic (exact) mass is 664 g/mol. The van der Waals surface area contributed by atoms with E-state index in [2.05, 4.69) is 31.3 Å². The number of aromatic nitrogens is 4.